The summed E-state index contributed by atoms with van der Waals surface area (Å²) in [6.45, 7) is 4.53. The number of halogens is 2. The van der Waals surface area contributed by atoms with Crippen LogP contribution in [-0.2, 0) is 12.1 Å². The van der Waals surface area contributed by atoms with E-state index < -0.39 is 5.60 Å². The van der Waals surface area contributed by atoms with Gasteiger partial charge < -0.3 is 20.2 Å². The lowest BCUT2D eigenvalue weighted by Crippen LogP contribution is -2.44. The van der Waals surface area contributed by atoms with Crippen LogP contribution in [0.15, 0.2) is 36.8 Å². The molecule has 1 unspecified atom stereocenters. The smallest absolute Gasteiger partial charge is 0.191 e. The van der Waals surface area contributed by atoms with Crippen LogP contribution in [0.4, 0.5) is 0 Å². The molecular formula is C15H21BrIN3O2S. The first-order chi connectivity index (χ1) is 10.4. The van der Waals surface area contributed by atoms with E-state index in [4.69, 9.17) is 4.42 Å². The average Bonchev–Trinajstić information content (AvgIpc) is 3.08. The lowest BCUT2D eigenvalue weighted by molar-refractivity contribution is 0.0378. The van der Waals surface area contributed by atoms with Gasteiger partial charge in [-0.1, -0.05) is 0 Å². The molecule has 2 rings (SSSR count). The number of nitrogens with zero attached hydrogens (tertiary/aromatic N) is 1. The second-order valence-corrected chi connectivity index (χ2v) is 7.51. The Balaban J connectivity index is 0.00000264. The molecule has 0 aliphatic heterocycles. The zero-order chi connectivity index (χ0) is 16.2. The minimum atomic E-state index is -1.10. The maximum absolute atomic E-state index is 10.5. The van der Waals surface area contributed by atoms with E-state index in [0.29, 0.717) is 24.8 Å². The van der Waals surface area contributed by atoms with Crippen LogP contribution >= 0.6 is 51.2 Å². The van der Waals surface area contributed by atoms with Gasteiger partial charge in [-0.15, -0.1) is 35.3 Å². The van der Waals surface area contributed by atoms with Gasteiger partial charge in [0.15, 0.2) is 5.96 Å². The molecule has 8 heteroatoms. The van der Waals surface area contributed by atoms with Gasteiger partial charge in [0.2, 0.25) is 0 Å². The van der Waals surface area contributed by atoms with Crippen molar-refractivity contribution in [1.82, 2.24) is 10.6 Å². The summed E-state index contributed by atoms with van der Waals surface area (Å²) in [4.78, 5) is 4.16. The van der Waals surface area contributed by atoms with E-state index in [1.54, 1.807) is 31.4 Å². The standard InChI is InChI=1S/C15H20BrN3O2S.HI/c1-10-4-5-12(21-10)15(2,20)9-19-14(17-3)18-7-11-6-13(16)22-8-11;/h4-6,8,20H,7,9H2,1-3H3,(H2,17,18,19);1H. The summed E-state index contributed by atoms with van der Waals surface area (Å²) in [6.07, 6.45) is 0. The normalized spacial score (nSPS) is 14.0. The third-order valence-electron chi connectivity index (χ3n) is 3.18. The van der Waals surface area contributed by atoms with Gasteiger partial charge in [0.1, 0.15) is 17.1 Å². The van der Waals surface area contributed by atoms with Gasteiger partial charge in [-0.2, -0.15) is 0 Å². The number of thiophene rings is 1. The molecule has 0 aromatic carbocycles. The van der Waals surface area contributed by atoms with E-state index >= 15 is 0 Å². The van der Waals surface area contributed by atoms with Gasteiger partial charge in [-0.25, -0.2) is 0 Å². The van der Waals surface area contributed by atoms with Crippen LogP contribution in [0.1, 0.15) is 24.0 Å². The van der Waals surface area contributed by atoms with Gasteiger partial charge in [0, 0.05) is 13.6 Å². The SMILES string of the molecule is CN=C(NCc1csc(Br)c1)NCC(C)(O)c1ccc(C)o1.I. The molecule has 0 saturated carbocycles. The van der Waals surface area contributed by atoms with Gasteiger partial charge in [-0.05, 0) is 58.9 Å². The van der Waals surface area contributed by atoms with Crippen molar-refractivity contribution in [1.29, 1.82) is 0 Å². The molecule has 2 aromatic rings. The molecule has 23 heavy (non-hydrogen) atoms. The molecule has 0 aliphatic rings. The van der Waals surface area contributed by atoms with E-state index in [1.807, 2.05) is 13.0 Å². The Morgan fingerprint density at radius 1 is 1.43 bits per heavy atom. The minimum absolute atomic E-state index is 0. The fourth-order valence-electron chi connectivity index (χ4n) is 1.91. The summed E-state index contributed by atoms with van der Waals surface area (Å²) in [5.41, 5.74) is 0.0744. The molecule has 128 valence electrons. The summed E-state index contributed by atoms with van der Waals surface area (Å²) in [5, 5.41) is 18.9. The Kier molecular flexibility index (Phi) is 8.05. The summed E-state index contributed by atoms with van der Waals surface area (Å²) in [7, 11) is 1.70. The van der Waals surface area contributed by atoms with Gasteiger partial charge in [0.25, 0.3) is 0 Å². The summed E-state index contributed by atoms with van der Waals surface area (Å²) in [5.74, 6) is 1.95. The van der Waals surface area contributed by atoms with E-state index in [9.17, 15) is 5.11 Å². The van der Waals surface area contributed by atoms with Crippen molar-refractivity contribution in [3.63, 3.8) is 0 Å². The van der Waals surface area contributed by atoms with Crippen LogP contribution < -0.4 is 10.6 Å². The van der Waals surface area contributed by atoms with Crippen molar-refractivity contribution in [2.45, 2.75) is 26.0 Å². The Morgan fingerprint density at radius 3 is 2.70 bits per heavy atom. The number of rotatable bonds is 5. The van der Waals surface area contributed by atoms with Crippen molar-refractivity contribution in [3.8, 4) is 0 Å². The lowest BCUT2D eigenvalue weighted by atomic mass is 10.0. The van der Waals surface area contributed by atoms with Crippen LogP contribution in [0.25, 0.3) is 0 Å². The van der Waals surface area contributed by atoms with E-state index in [2.05, 4.69) is 43.0 Å². The highest BCUT2D eigenvalue weighted by molar-refractivity contribution is 14.0. The largest absolute Gasteiger partial charge is 0.463 e. The van der Waals surface area contributed by atoms with Crippen LogP contribution in [0, 0.1) is 6.92 Å². The van der Waals surface area contributed by atoms with E-state index in [0.717, 1.165) is 9.55 Å². The van der Waals surface area contributed by atoms with Gasteiger partial charge in [-0.3, -0.25) is 4.99 Å². The van der Waals surface area contributed by atoms with Gasteiger partial charge in [0.05, 0.1) is 10.3 Å². The highest BCUT2D eigenvalue weighted by Crippen LogP contribution is 2.22. The fourth-order valence-corrected chi connectivity index (χ4v) is 3.12. The summed E-state index contributed by atoms with van der Waals surface area (Å²) in [6, 6.07) is 5.69. The van der Waals surface area contributed by atoms with E-state index in [-0.39, 0.29) is 24.0 Å². The molecule has 2 heterocycles. The van der Waals surface area contributed by atoms with Crippen LogP contribution in [0.5, 0.6) is 0 Å². The Bertz CT molecular complexity index is 655. The van der Waals surface area contributed by atoms with Crippen molar-refractivity contribution >= 4 is 57.2 Å². The topological polar surface area (TPSA) is 69.8 Å². The number of aryl methyl sites for hydroxylation is 1. The molecule has 0 spiro atoms. The molecule has 0 bridgehead atoms. The minimum Gasteiger partial charge on any atom is -0.463 e. The predicted octanol–water partition coefficient (Wildman–Crippen LogP) is 3.60. The third-order valence-corrected chi connectivity index (χ3v) is 4.73. The number of hydrogen-bond donors (Lipinski definition) is 3. The molecule has 1 atom stereocenters. The summed E-state index contributed by atoms with van der Waals surface area (Å²) >= 11 is 5.09. The molecule has 0 amide bonds. The van der Waals surface area contributed by atoms with Crippen molar-refractivity contribution in [2.24, 2.45) is 4.99 Å². The van der Waals surface area contributed by atoms with Gasteiger partial charge >= 0.3 is 0 Å². The molecule has 0 saturated heterocycles. The third kappa shape index (κ3) is 6.09. The van der Waals surface area contributed by atoms with Crippen LogP contribution in [-0.4, -0.2) is 24.7 Å². The highest BCUT2D eigenvalue weighted by atomic mass is 127. The molecule has 0 fully saturated rings. The fraction of sp³-hybridized carbons (Fsp3) is 0.400. The van der Waals surface area contributed by atoms with Crippen molar-refractivity contribution < 1.29 is 9.52 Å². The number of aliphatic hydroxyl groups is 1. The highest BCUT2D eigenvalue weighted by Gasteiger charge is 2.27. The average molecular weight is 514 g/mol. The first kappa shape index (κ1) is 20.5. The quantitative estimate of drug-likeness (QED) is 0.324. The zero-order valence-electron chi connectivity index (χ0n) is 13.2. The maximum atomic E-state index is 10.5. The first-order valence-corrected chi connectivity index (χ1v) is 8.55. The molecule has 5 nitrogen and oxygen atoms in total. The second kappa shape index (κ2) is 9.05. The molecule has 3 N–H and O–H groups in total. The monoisotopic (exact) mass is 513 g/mol. The lowest BCUT2D eigenvalue weighted by Gasteiger charge is -2.22. The van der Waals surface area contributed by atoms with Crippen molar-refractivity contribution in [3.05, 3.63) is 44.4 Å². The maximum Gasteiger partial charge on any atom is 0.191 e. The zero-order valence-corrected chi connectivity index (χ0v) is 18.0. The number of furan rings is 1. The molecule has 0 aliphatic carbocycles. The Hall–Kier alpha value is -0.580. The second-order valence-electron chi connectivity index (χ2n) is 5.22. The number of nitrogens with one attached hydrogen (secondary N) is 2. The van der Waals surface area contributed by atoms with Crippen LogP contribution in [0.3, 0.4) is 0 Å². The first-order valence-electron chi connectivity index (χ1n) is 6.87. The number of guanidine groups is 1. The molecule has 2 aromatic heterocycles. The van der Waals surface area contributed by atoms with E-state index in [1.165, 1.54) is 5.56 Å². The number of hydrogen-bond acceptors (Lipinski definition) is 4. The Morgan fingerprint density at radius 2 is 2.17 bits per heavy atom. The molecular weight excluding hydrogens is 493 g/mol. The Labute approximate surface area is 165 Å². The number of aliphatic imine (C=N–C) groups is 1. The summed E-state index contributed by atoms with van der Waals surface area (Å²) < 4.78 is 6.59. The van der Waals surface area contributed by atoms with Crippen molar-refractivity contribution in [2.75, 3.05) is 13.6 Å². The molecule has 0 radical (unpaired) electrons. The van der Waals surface area contributed by atoms with Crippen LogP contribution in [0.2, 0.25) is 0 Å². The predicted molar refractivity (Wildman–Crippen MR) is 109 cm³/mol.